The molecular weight excluding hydrogens is 526 g/mol. The summed E-state index contributed by atoms with van der Waals surface area (Å²) in [7, 11) is 0. The average Bonchev–Trinajstić information content (AvgIpc) is 2.92. The van der Waals surface area contributed by atoms with Crippen LogP contribution >= 0.6 is 0 Å². The van der Waals surface area contributed by atoms with Crippen molar-refractivity contribution in [3.8, 4) is 0 Å². The number of fused-ring (bicyclic) bond motifs is 1. The Hall–Kier alpha value is -5.57. The molecule has 0 saturated carbocycles. The molecule has 40 heavy (non-hydrogen) atoms. The summed E-state index contributed by atoms with van der Waals surface area (Å²) in [6.07, 6.45) is 0.126. The molecule has 17 nitrogen and oxygen atoms in total. The maximum Gasteiger partial charge on any atom is 0.337 e. The second kappa shape index (κ2) is 12.8. The van der Waals surface area contributed by atoms with E-state index in [0.717, 1.165) is 0 Å². The van der Waals surface area contributed by atoms with E-state index in [1.807, 2.05) is 0 Å². The van der Waals surface area contributed by atoms with Crippen molar-refractivity contribution in [2.45, 2.75) is 37.8 Å². The van der Waals surface area contributed by atoms with Gasteiger partial charge in [-0.15, -0.1) is 0 Å². The van der Waals surface area contributed by atoms with Gasteiger partial charge in [-0.25, -0.2) is 14.8 Å². The largest absolute Gasteiger partial charge is 0.479 e. The minimum absolute atomic E-state index is 0.0195. The van der Waals surface area contributed by atoms with Gasteiger partial charge in [0, 0.05) is 35.5 Å². The quantitative estimate of drug-likeness (QED) is 0.0523. The van der Waals surface area contributed by atoms with Crippen LogP contribution in [0.1, 0.15) is 41.7 Å². The number of nitrogens with zero attached hydrogens (tertiary/aromatic N) is 6. The molecule has 0 aliphatic rings. The van der Waals surface area contributed by atoms with Gasteiger partial charge in [0.25, 0.3) is 11.5 Å². The molecule has 0 aliphatic carbocycles. The first-order valence-corrected chi connectivity index (χ1v) is 11.8. The van der Waals surface area contributed by atoms with Crippen LogP contribution in [0, 0.1) is 0 Å². The van der Waals surface area contributed by atoms with E-state index in [1.165, 1.54) is 30.5 Å². The van der Waals surface area contributed by atoms with Crippen LogP contribution in [0.2, 0.25) is 0 Å². The number of nitrogens with two attached hydrogens (primary N) is 2. The molecule has 8 N–H and O–H groups in total. The second-order valence-electron chi connectivity index (χ2n) is 8.53. The second-order valence-corrected chi connectivity index (χ2v) is 8.53. The molecule has 0 saturated heterocycles. The molecule has 0 fully saturated rings. The Morgan fingerprint density at radius 1 is 1.15 bits per heavy atom. The van der Waals surface area contributed by atoms with E-state index in [-0.39, 0.29) is 48.6 Å². The molecule has 3 rings (SSSR count). The van der Waals surface area contributed by atoms with Crippen LogP contribution < -0.4 is 27.7 Å². The van der Waals surface area contributed by atoms with Crippen molar-refractivity contribution in [3.05, 3.63) is 62.5 Å². The molecule has 2 amide bonds. The molecule has 0 bridgehead atoms. The molecule has 3 aromatic rings. The van der Waals surface area contributed by atoms with Gasteiger partial charge in [-0.3, -0.25) is 24.2 Å². The molecule has 0 unspecified atom stereocenters. The summed E-state index contributed by atoms with van der Waals surface area (Å²) in [6.45, 7) is 0.112. The number of ketones is 1. The van der Waals surface area contributed by atoms with E-state index in [1.54, 1.807) is 0 Å². The number of carboxylic acid groups (broad SMARTS) is 1. The van der Waals surface area contributed by atoms with Gasteiger partial charge in [0.15, 0.2) is 22.5 Å². The third-order valence-electron chi connectivity index (χ3n) is 5.75. The number of aromatic amines is 1. The van der Waals surface area contributed by atoms with Crippen LogP contribution in [0.5, 0.6) is 0 Å². The lowest BCUT2D eigenvalue weighted by Crippen LogP contribution is -2.60. The highest BCUT2D eigenvalue weighted by Gasteiger charge is 2.46. The summed E-state index contributed by atoms with van der Waals surface area (Å²) in [6, 6.07) is 5.86. The Balaban J connectivity index is 1.73. The number of carbonyl (C=O) groups excluding carboxylic acids is 3. The molecule has 0 aliphatic heterocycles. The number of benzene rings is 1. The Kier molecular flexibility index (Phi) is 9.27. The molecule has 1 atom stereocenters. The van der Waals surface area contributed by atoms with Crippen molar-refractivity contribution in [2.75, 3.05) is 17.6 Å². The Labute approximate surface area is 225 Å². The van der Waals surface area contributed by atoms with Crippen LogP contribution in [0.15, 0.2) is 40.4 Å². The maximum absolute atomic E-state index is 13.0. The van der Waals surface area contributed by atoms with Gasteiger partial charge >= 0.3 is 5.97 Å². The minimum Gasteiger partial charge on any atom is -0.479 e. The fourth-order valence-electron chi connectivity index (χ4n) is 3.68. The molecule has 1 aromatic carbocycles. The molecule has 2 heterocycles. The number of amides is 2. The van der Waals surface area contributed by atoms with Crippen LogP contribution in [-0.4, -0.2) is 60.7 Å². The van der Waals surface area contributed by atoms with Gasteiger partial charge in [0.1, 0.15) is 0 Å². The van der Waals surface area contributed by atoms with Crippen molar-refractivity contribution in [1.29, 1.82) is 0 Å². The van der Waals surface area contributed by atoms with Gasteiger partial charge in [0.2, 0.25) is 11.9 Å². The highest BCUT2D eigenvalue weighted by molar-refractivity contribution is 6.12. The molecule has 17 heteroatoms. The monoisotopic (exact) mass is 551 g/mol. The van der Waals surface area contributed by atoms with E-state index in [2.05, 4.69) is 40.6 Å². The number of aromatic nitrogens is 4. The number of aliphatic carboxylic acids is 1. The highest BCUT2D eigenvalue weighted by Crippen LogP contribution is 2.20. The molecule has 0 spiro atoms. The number of H-pyrrole nitrogens is 1. The minimum atomic E-state index is -2.41. The summed E-state index contributed by atoms with van der Waals surface area (Å²) in [5, 5.41) is 18.5. The third-order valence-corrected chi connectivity index (χ3v) is 5.75. The zero-order valence-electron chi connectivity index (χ0n) is 21.0. The van der Waals surface area contributed by atoms with Crippen molar-refractivity contribution < 1.29 is 24.3 Å². The number of Topliss-reactive ketones (excluding diaryl/α,β-unsaturated/α-hetero) is 1. The molecule has 0 radical (unpaired) electrons. The Morgan fingerprint density at radius 3 is 2.52 bits per heavy atom. The van der Waals surface area contributed by atoms with Gasteiger partial charge < -0.3 is 27.2 Å². The zero-order valence-corrected chi connectivity index (χ0v) is 21.0. The summed E-state index contributed by atoms with van der Waals surface area (Å²) >= 11 is 0. The lowest BCUT2D eigenvalue weighted by molar-refractivity contribution is -0.150. The van der Waals surface area contributed by atoms with Crippen LogP contribution in [0.4, 0.5) is 11.6 Å². The highest BCUT2D eigenvalue weighted by atomic mass is 16.4. The van der Waals surface area contributed by atoms with Gasteiger partial charge in [-0.2, -0.15) is 4.98 Å². The van der Waals surface area contributed by atoms with Crippen LogP contribution in [-0.2, 0) is 20.9 Å². The van der Waals surface area contributed by atoms with E-state index >= 15 is 0 Å². The van der Waals surface area contributed by atoms with Gasteiger partial charge in [-0.05, 0) is 42.6 Å². The molecule has 2 aromatic heterocycles. The third kappa shape index (κ3) is 7.05. The number of primary amides is 1. The van der Waals surface area contributed by atoms with E-state index in [9.17, 15) is 29.1 Å². The summed E-state index contributed by atoms with van der Waals surface area (Å²) in [5.74, 6) is -4.31. The van der Waals surface area contributed by atoms with Gasteiger partial charge in [0.05, 0.1) is 18.4 Å². The van der Waals surface area contributed by atoms with Gasteiger partial charge in [-0.1, -0.05) is 5.11 Å². The fourth-order valence-corrected chi connectivity index (χ4v) is 3.68. The van der Waals surface area contributed by atoms with E-state index < -0.39 is 47.5 Å². The predicted molar refractivity (Wildman–Crippen MR) is 141 cm³/mol. The van der Waals surface area contributed by atoms with Crippen molar-refractivity contribution in [3.63, 3.8) is 0 Å². The number of nitrogens with one attached hydrogen (secondary N) is 3. The van der Waals surface area contributed by atoms with E-state index in [4.69, 9.17) is 17.0 Å². The number of hydrogen-bond donors (Lipinski definition) is 6. The normalized spacial score (nSPS) is 12.1. The first-order chi connectivity index (χ1) is 19.1. The van der Waals surface area contributed by atoms with Crippen LogP contribution in [0.3, 0.4) is 0 Å². The SMILES string of the molecule is [N-]=[N+]=NCCCC(=O)[C@@](CCC(N)=O)(NC(=O)c1ccc(NCc2cnc3nc(N)[nH]c(=O)c3n2)cc1)C(=O)O. The topological polar surface area (TPSA) is 285 Å². The Morgan fingerprint density at radius 2 is 1.88 bits per heavy atom. The number of hydrogen-bond acceptors (Lipinski definition) is 11. The number of nitrogen functional groups attached to an aromatic ring is 1. The number of azide groups is 1. The number of carbonyl (C=O) groups is 4. The van der Waals surface area contributed by atoms with E-state index in [0.29, 0.717) is 11.4 Å². The van der Waals surface area contributed by atoms with Crippen molar-refractivity contribution in [2.24, 2.45) is 10.8 Å². The molecular formula is C23H25N11O6. The maximum atomic E-state index is 13.0. The summed E-state index contributed by atoms with van der Waals surface area (Å²) in [4.78, 5) is 78.6. The summed E-state index contributed by atoms with van der Waals surface area (Å²) < 4.78 is 0. The number of rotatable bonds is 14. The fraction of sp³-hybridized carbons (Fsp3) is 0.304. The lowest BCUT2D eigenvalue weighted by atomic mass is 9.85. The predicted octanol–water partition coefficient (Wildman–Crippen LogP) is 0.386. The molecule has 208 valence electrons. The standard InChI is InChI=1S/C23H25N11O6/c24-16(36)7-8-23(21(39)40,15(35)2-1-9-29-34-26)33-19(37)12-3-5-13(6-4-12)27-10-14-11-28-18-17(30-14)20(38)32-22(25)31-18/h3-6,11,27H,1-2,7-10H2,(H2,24,36)(H,33,37)(H,39,40)(H3,25,28,31,32,38)/t23-/m1/s1. The zero-order chi connectivity index (χ0) is 29.3. The lowest BCUT2D eigenvalue weighted by Gasteiger charge is -2.29. The number of carboxylic acids is 1. The first-order valence-electron chi connectivity index (χ1n) is 11.8. The smallest absolute Gasteiger partial charge is 0.337 e. The summed E-state index contributed by atoms with van der Waals surface area (Å²) in [5.41, 5.74) is 17.2. The first kappa shape index (κ1) is 29.0. The van der Waals surface area contributed by atoms with Crippen LogP contribution in [0.25, 0.3) is 21.6 Å². The van der Waals surface area contributed by atoms with Crippen molar-refractivity contribution >= 4 is 46.4 Å². The average molecular weight is 552 g/mol. The Bertz CT molecular complexity index is 1550. The number of anilines is 2. The van der Waals surface area contributed by atoms with Crippen molar-refractivity contribution in [1.82, 2.24) is 25.3 Å².